The number of esters is 4. The van der Waals surface area contributed by atoms with Gasteiger partial charge in [-0.1, -0.05) is 127 Å². The first kappa shape index (κ1) is 70.0. The first-order valence-electron chi connectivity index (χ1n) is 29.6. The number of cyclic esters (lactones) is 4. The van der Waals surface area contributed by atoms with Crippen LogP contribution in [0.25, 0.3) is 0 Å². The Labute approximate surface area is 517 Å². The second-order valence-corrected chi connectivity index (χ2v) is 25.5. The SMILES string of the molecule is Cc1nn(Cc2ccc(C[C@H]3OC(=O)[C@H](CC(C)C)N(C)C(=O)[C@@H](C)OC(=O)[C@H](CC(C)C)N(C)C(=O)[C@@H](Cc4cccc(Cn5nc(C)c(Cl)c5C)c4)OC(=O)[C@H](CC(C)C)N(C)C(=O)[C@@H](C)OC(=O)[C@H](CC(C)C)N(C)C3=O)cc2)c(C)c1Cl. The summed E-state index contributed by atoms with van der Waals surface area (Å²) in [5.74, 6) is -7.63. The molecule has 4 aromatic rings. The van der Waals surface area contributed by atoms with E-state index in [1.54, 1.807) is 33.6 Å². The number of hydrogen-bond acceptors (Lipinski definition) is 14. The van der Waals surface area contributed by atoms with Gasteiger partial charge >= 0.3 is 23.9 Å². The van der Waals surface area contributed by atoms with E-state index in [2.05, 4.69) is 10.2 Å². The van der Waals surface area contributed by atoms with Gasteiger partial charge in [0.05, 0.1) is 45.9 Å². The number of aryl methyl sites for hydroxylation is 2. The van der Waals surface area contributed by atoms with E-state index in [4.69, 9.17) is 42.1 Å². The van der Waals surface area contributed by atoms with Crippen LogP contribution in [0.15, 0.2) is 48.5 Å². The van der Waals surface area contributed by atoms with Gasteiger partial charge in [0.25, 0.3) is 23.6 Å². The van der Waals surface area contributed by atoms with Gasteiger partial charge in [-0.05, 0) is 113 Å². The minimum atomic E-state index is -1.57. The first-order valence-corrected chi connectivity index (χ1v) is 30.4. The van der Waals surface area contributed by atoms with Gasteiger partial charge in [0.1, 0.15) is 24.2 Å². The Morgan fingerprint density at radius 3 is 1.07 bits per heavy atom. The highest BCUT2D eigenvalue weighted by Gasteiger charge is 2.43. The van der Waals surface area contributed by atoms with Crippen LogP contribution in [0.5, 0.6) is 0 Å². The lowest BCUT2D eigenvalue weighted by Gasteiger charge is -2.35. The highest BCUT2D eigenvalue weighted by molar-refractivity contribution is 6.32. The number of benzene rings is 2. The second-order valence-electron chi connectivity index (χ2n) is 24.7. The summed E-state index contributed by atoms with van der Waals surface area (Å²) in [7, 11) is 5.55. The molecule has 1 saturated heterocycles. The van der Waals surface area contributed by atoms with Crippen molar-refractivity contribution in [1.82, 2.24) is 39.2 Å². The fraction of sp³-hybridized carbons (Fsp3) is 0.594. The molecule has 0 spiro atoms. The third-order valence-electron chi connectivity index (χ3n) is 15.6. The monoisotopic (exact) mass is 1230 g/mol. The summed E-state index contributed by atoms with van der Waals surface area (Å²) in [6, 6.07) is 9.35. The van der Waals surface area contributed by atoms with Crippen LogP contribution in [0.1, 0.15) is 140 Å². The molecule has 22 heteroatoms. The van der Waals surface area contributed by atoms with E-state index in [1.165, 1.54) is 42.0 Å². The highest BCUT2D eigenvalue weighted by Crippen LogP contribution is 2.27. The largest absolute Gasteiger partial charge is 0.451 e. The van der Waals surface area contributed by atoms with E-state index in [-0.39, 0.29) is 62.2 Å². The Morgan fingerprint density at radius 1 is 0.430 bits per heavy atom. The molecule has 0 radical (unpaired) electrons. The number of aromatic nitrogens is 4. The minimum absolute atomic E-state index is 0.0640. The van der Waals surface area contributed by atoms with Crippen LogP contribution in [-0.4, -0.2) is 163 Å². The molecular formula is C64H90Cl2N8O12. The van der Waals surface area contributed by atoms with Crippen molar-refractivity contribution in [3.8, 4) is 0 Å². The zero-order valence-electron chi connectivity index (χ0n) is 53.4. The van der Waals surface area contributed by atoms with Gasteiger partial charge in [0.15, 0.2) is 24.4 Å². The molecule has 5 rings (SSSR count). The van der Waals surface area contributed by atoms with E-state index < -0.39 is 96.1 Å². The van der Waals surface area contributed by atoms with Gasteiger partial charge in [0, 0.05) is 41.0 Å². The molecular weight excluding hydrogens is 1140 g/mol. The van der Waals surface area contributed by atoms with Gasteiger partial charge in [-0.3, -0.25) is 28.5 Å². The minimum Gasteiger partial charge on any atom is -0.451 e. The number of amides is 4. The average molecular weight is 1230 g/mol. The summed E-state index contributed by atoms with van der Waals surface area (Å²) in [6.45, 7) is 25.6. The summed E-state index contributed by atoms with van der Waals surface area (Å²) in [5.41, 5.74) is 5.76. The molecule has 0 unspecified atom stereocenters. The highest BCUT2D eigenvalue weighted by atomic mass is 35.5. The van der Waals surface area contributed by atoms with Crippen molar-refractivity contribution in [3.63, 3.8) is 0 Å². The molecule has 472 valence electrons. The number of nitrogens with zero attached hydrogens (tertiary/aromatic N) is 8. The lowest BCUT2D eigenvalue weighted by atomic mass is 9.99. The first-order chi connectivity index (χ1) is 40.2. The maximum Gasteiger partial charge on any atom is 0.329 e. The normalized spacial score (nSPS) is 22.5. The van der Waals surface area contributed by atoms with Crippen LogP contribution in [0.2, 0.25) is 10.0 Å². The summed E-state index contributed by atoms with van der Waals surface area (Å²) in [6.07, 6.45) is -6.21. The predicted octanol–water partition coefficient (Wildman–Crippen LogP) is 8.69. The number of carbonyl (C=O) groups is 8. The molecule has 2 aromatic carbocycles. The zero-order chi connectivity index (χ0) is 64.3. The predicted molar refractivity (Wildman–Crippen MR) is 327 cm³/mol. The zero-order valence-corrected chi connectivity index (χ0v) is 54.9. The fourth-order valence-electron chi connectivity index (χ4n) is 10.5. The molecule has 1 fully saturated rings. The topological polar surface area (TPSA) is 222 Å². The second kappa shape index (κ2) is 30.7. The standard InChI is InChI=1S/C64H90Cl2N8O12/c1-35(2)26-49-61(79)83-44(14)58(76)70(16)52(29-38(7)8)64(82)86-54(32-47-20-19-21-48(30-47)34-74-42(12)56(66)40(10)68-74)60(78)72(18)50(27-36(3)4)62(80)84-43(13)57(75)69(15)51(28-37(5)6)63(81)85-53(59(77)71(49)17)31-45-22-24-46(25-23-45)33-73-41(11)55(65)39(9)67-73/h19-25,30,35-38,43-44,49-54H,26-29,31-34H2,1-18H3/t43-,44-,49+,50+,51+,52+,53-,54-/m1/s1. The Kier molecular flexibility index (Phi) is 25.0. The summed E-state index contributed by atoms with van der Waals surface area (Å²) < 4.78 is 27.9. The molecule has 2 aromatic heterocycles. The van der Waals surface area contributed by atoms with Gasteiger partial charge in [-0.2, -0.15) is 10.2 Å². The lowest BCUT2D eigenvalue weighted by Crippen LogP contribution is -2.55. The molecule has 8 atom stereocenters. The van der Waals surface area contributed by atoms with Crippen molar-refractivity contribution in [3.05, 3.63) is 104 Å². The Bertz CT molecular complexity index is 3050. The van der Waals surface area contributed by atoms with E-state index in [1.807, 2.05) is 107 Å². The van der Waals surface area contributed by atoms with E-state index in [9.17, 15) is 28.8 Å². The van der Waals surface area contributed by atoms with Gasteiger partial charge in [0.2, 0.25) is 0 Å². The molecule has 4 amide bonds. The van der Waals surface area contributed by atoms with Crippen molar-refractivity contribution in [1.29, 1.82) is 0 Å². The fourth-order valence-corrected chi connectivity index (χ4v) is 10.8. The number of hydrogen-bond donors (Lipinski definition) is 0. The molecule has 86 heavy (non-hydrogen) atoms. The molecule has 20 nitrogen and oxygen atoms in total. The number of rotatable bonds is 16. The molecule has 0 saturated carbocycles. The Hall–Kier alpha value is -6.80. The van der Waals surface area contributed by atoms with Crippen LogP contribution in [0.3, 0.4) is 0 Å². The molecule has 1 aliphatic heterocycles. The number of likely N-dealkylation sites (N-methyl/N-ethyl adjacent to an activating group) is 4. The van der Waals surface area contributed by atoms with Gasteiger partial charge in [-0.25, -0.2) is 19.2 Å². The molecule has 3 heterocycles. The van der Waals surface area contributed by atoms with Gasteiger partial charge < -0.3 is 38.5 Å². The van der Waals surface area contributed by atoms with Crippen molar-refractivity contribution in [2.45, 2.75) is 197 Å². The Morgan fingerprint density at radius 2 is 0.733 bits per heavy atom. The van der Waals surface area contributed by atoms with E-state index >= 15 is 9.59 Å². The maximum absolute atomic E-state index is 15.2. The van der Waals surface area contributed by atoms with Gasteiger partial charge in [-0.15, -0.1) is 0 Å². The molecule has 0 bridgehead atoms. The maximum atomic E-state index is 15.2. The summed E-state index contributed by atoms with van der Waals surface area (Å²) in [5, 5.41) is 10.2. The quantitative estimate of drug-likeness (QED) is 0.0757. The summed E-state index contributed by atoms with van der Waals surface area (Å²) >= 11 is 12.9. The molecule has 0 N–H and O–H groups in total. The number of ether oxygens (including phenoxy) is 4. The number of carbonyl (C=O) groups excluding carboxylic acids is 8. The van der Waals surface area contributed by atoms with E-state index in [0.717, 1.165) is 42.1 Å². The third kappa shape index (κ3) is 18.1. The lowest BCUT2D eigenvalue weighted by molar-refractivity contribution is -0.176. The average Bonchev–Trinajstić information content (AvgIpc) is 3.73. The van der Waals surface area contributed by atoms with Crippen molar-refractivity contribution in [2.24, 2.45) is 23.7 Å². The Balaban J connectivity index is 1.61. The van der Waals surface area contributed by atoms with Crippen LogP contribution >= 0.6 is 23.2 Å². The summed E-state index contributed by atoms with van der Waals surface area (Å²) in [4.78, 5) is 123. The van der Waals surface area contributed by atoms with Crippen molar-refractivity contribution >= 4 is 70.7 Å². The van der Waals surface area contributed by atoms with Crippen LogP contribution < -0.4 is 0 Å². The molecule has 0 aliphatic carbocycles. The smallest absolute Gasteiger partial charge is 0.329 e. The van der Waals surface area contributed by atoms with Crippen LogP contribution in [-0.2, 0) is 83.2 Å². The third-order valence-corrected chi connectivity index (χ3v) is 16.7. The van der Waals surface area contributed by atoms with Crippen molar-refractivity contribution in [2.75, 3.05) is 28.2 Å². The molecule has 1 aliphatic rings. The van der Waals surface area contributed by atoms with E-state index in [0.29, 0.717) is 45.6 Å². The van der Waals surface area contributed by atoms with Crippen LogP contribution in [0.4, 0.5) is 0 Å². The van der Waals surface area contributed by atoms with Crippen LogP contribution in [0, 0.1) is 51.4 Å². The number of halogens is 2. The van der Waals surface area contributed by atoms with Crippen molar-refractivity contribution < 1.29 is 57.3 Å².